The van der Waals surface area contributed by atoms with Gasteiger partial charge >= 0.3 is 0 Å². The molecule has 0 aliphatic rings. The molecule has 78 valence electrons. The van der Waals surface area contributed by atoms with Crippen LogP contribution in [-0.2, 0) is 5.60 Å². The van der Waals surface area contributed by atoms with Crippen LogP contribution in [0.4, 0.5) is 4.39 Å². The van der Waals surface area contributed by atoms with Gasteiger partial charge in [-0.15, -0.1) is 0 Å². The Morgan fingerprint density at radius 1 is 1.43 bits per heavy atom. The van der Waals surface area contributed by atoms with Gasteiger partial charge in [-0.05, 0) is 12.5 Å². The lowest BCUT2D eigenvalue weighted by molar-refractivity contribution is 0.0324. The van der Waals surface area contributed by atoms with Crippen LogP contribution >= 0.6 is 0 Å². The second kappa shape index (κ2) is 4.53. The summed E-state index contributed by atoms with van der Waals surface area (Å²) < 4.78 is 13.4. The Morgan fingerprint density at radius 2 is 2.07 bits per heavy atom. The van der Waals surface area contributed by atoms with E-state index in [1.165, 1.54) is 6.07 Å². The molecule has 0 saturated heterocycles. The molecule has 0 saturated carbocycles. The molecule has 1 aromatic rings. The van der Waals surface area contributed by atoms with Crippen molar-refractivity contribution in [2.24, 2.45) is 5.73 Å². The number of rotatable bonds is 4. The minimum Gasteiger partial charge on any atom is -0.384 e. The molecule has 3 N–H and O–H groups in total. The number of halogens is 1. The van der Waals surface area contributed by atoms with Crippen LogP contribution < -0.4 is 5.73 Å². The molecule has 0 aromatic heterocycles. The van der Waals surface area contributed by atoms with Crippen LogP contribution in [0.25, 0.3) is 0 Å². The van der Waals surface area contributed by atoms with Crippen molar-refractivity contribution in [3.8, 4) is 0 Å². The molecule has 0 bridgehead atoms. The average Bonchev–Trinajstić information content (AvgIpc) is 2.18. The van der Waals surface area contributed by atoms with Gasteiger partial charge in [-0.2, -0.15) is 0 Å². The van der Waals surface area contributed by atoms with Gasteiger partial charge in [0.05, 0.1) is 0 Å². The second-order valence-corrected chi connectivity index (χ2v) is 3.47. The van der Waals surface area contributed by atoms with E-state index in [0.29, 0.717) is 12.0 Å². The lowest BCUT2D eigenvalue weighted by atomic mass is 9.89. The maximum atomic E-state index is 13.4. The molecule has 0 fully saturated rings. The van der Waals surface area contributed by atoms with Crippen molar-refractivity contribution in [1.82, 2.24) is 0 Å². The fourth-order valence-corrected chi connectivity index (χ4v) is 1.60. The van der Waals surface area contributed by atoms with Crippen molar-refractivity contribution >= 4 is 0 Å². The number of aliphatic hydroxyl groups is 1. The summed E-state index contributed by atoms with van der Waals surface area (Å²) in [6.45, 7) is 1.98. The third kappa shape index (κ3) is 2.11. The first kappa shape index (κ1) is 11.1. The maximum absolute atomic E-state index is 13.4. The Labute approximate surface area is 83.6 Å². The highest BCUT2D eigenvalue weighted by Gasteiger charge is 2.29. The number of hydrogen-bond acceptors (Lipinski definition) is 2. The quantitative estimate of drug-likeness (QED) is 0.772. The summed E-state index contributed by atoms with van der Waals surface area (Å²) in [6, 6.07) is 6.22. The number of hydrogen-bond donors (Lipinski definition) is 2. The smallest absolute Gasteiger partial charge is 0.129 e. The molecule has 0 amide bonds. The zero-order chi connectivity index (χ0) is 10.6. The van der Waals surface area contributed by atoms with Gasteiger partial charge in [-0.25, -0.2) is 4.39 Å². The summed E-state index contributed by atoms with van der Waals surface area (Å²) in [5.74, 6) is -0.395. The lowest BCUT2D eigenvalue weighted by Crippen LogP contribution is -2.35. The van der Waals surface area contributed by atoms with Crippen molar-refractivity contribution in [1.29, 1.82) is 0 Å². The Bertz CT molecular complexity index is 303. The molecule has 0 aliphatic heterocycles. The highest BCUT2D eigenvalue weighted by Crippen LogP contribution is 2.27. The molecule has 1 unspecified atom stereocenters. The van der Waals surface area contributed by atoms with Crippen molar-refractivity contribution in [2.45, 2.75) is 25.4 Å². The lowest BCUT2D eigenvalue weighted by Gasteiger charge is -2.26. The van der Waals surface area contributed by atoms with E-state index in [0.717, 1.165) is 6.42 Å². The summed E-state index contributed by atoms with van der Waals surface area (Å²) in [5, 5.41) is 10.1. The van der Waals surface area contributed by atoms with Gasteiger partial charge in [0.15, 0.2) is 0 Å². The van der Waals surface area contributed by atoms with Crippen molar-refractivity contribution in [2.75, 3.05) is 6.54 Å². The van der Waals surface area contributed by atoms with Crippen LogP contribution in [-0.4, -0.2) is 11.7 Å². The first-order valence-electron chi connectivity index (χ1n) is 4.81. The van der Waals surface area contributed by atoms with Crippen LogP contribution in [0.15, 0.2) is 24.3 Å². The molecule has 0 spiro atoms. The monoisotopic (exact) mass is 197 g/mol. The third-order valence-electron chi connectivity index (χ3n) is 2.38. The highest BCUT2D eigenvalue weighted by molar-refractivity contribution is 5.24. The van der Waals surface area contributed by atoms with Gasteiger partial charge in [0.1, 0.15) is 11.4 Å². The SMILES string of the molecule is CCCC(O)(CN)c1ccccc1F. The van der Waals surface area contributed by atoms with E-state index in [4.69, 9.17) is 5.73 Å². The molecule has 0 heterocycles. The zero-order valence-electron chi connectivity index (χ0n) is 8.33. The van der Waals surface area contributed by atoms with E-state index >= 15 is 0 Å². The van der Waals surface area contributed by atoms with Crippen molar-refractivity contribution < 1.29 is 9.50 Å². The van der Waals surface area contributed by atoms with Gasteiger partial charge < -0.3 is 10.8 Å². The molecule has 0 radical (unpaired) electrons. The minimum atomic E-state index is -1.22. The summed E-state index contributed by atoms with van der Waals surface area (Å²) in [6.07, 6.45) is 1.24. The number of benzene rings is 1. The molecule has 1 atom stereocenters. The molecule has 1 aromatic carbocycles. The Hall–Kier alpha value is -0.930. The summed E-state index contributed by atoms with van der Waals surface area (Å²) in [5.41, 5.74) is 4.55. The van der Waals surface area contributed by atoms with E-state index in [2.05, 4.69) is 0 Å². The van der Waals surface area contributed by atoms with E-state index < -0.39 is 11.4 Å². The molecule has 14 heavy (non-hydrogen) atoms. The van der Waals surface area contributed by atoms with Crippen LogP contribution in [0.1, 0.15) is 25.3 Å². The molecule has 3 heteroatoms. The average molecular weight is 197 g/mol. The predicted molar refractivity (Wildman–Crippen MR) is 54.3 cm³/mol. The standard InChI is InChI=1S/C11H16FNO/c1-2-7-11(14,8-13)9-5-3-4-6-10(9)12/h3-6,14H,2,7-8,13H2,1H3. The molecule has 0 aliphatic carbocycles. The second-order valence-electron chi connectivity index (χ2n) is 3.47. The summed E-state index contributed by atoms with van der Waals surface area (Å²) >= 11 is 0. The molecule has 1 rings (SSSR count). The summed E-state index contributed by atoms with van der Waals surface area (Å²) in [4.78, 5) is 0. The van der Waals surface area contributed by atoms with Crippen LogP contribution in [0.5, 0.6) is 0 Å². The normalized spacial score (nSPS) is 15.1. The van der Waals surface area contributed by atoms with Gasteiger partial charge in [0, 0.05) is 12.1 Å². The first-order valence-corrected chi connectivity index (χ1v) is 4.81. The topological polar surface area (TPSA) is 46.2 Å². The maximum Gasteiger partial charge on any atom is 0.129 e. The minimum absolute atomic E-state index is 0.0434. The van der Waals surface area contributed by atoms with Gasteiger partial charge in [-0.3, -0.25) is 0 Å². The largest absolute Gasteiger partial charge is 0.384 e. The Balaban J connectivity index is 3.05. The van der Waals surface area contributed by atoms with Crippen LogP contribution in [0, 0.1) is 5.82 Å². The molecular formula is C11H16FNO. The Kier molecular flexibility index (Phi) is 3.61. The van der Waals surface area contributed by atoms with E-state index in [1.807, 2.05) is 6.92 Å². The fourth-order valence-electron chi connectivity index (χ4n) is 1.60. The van der Waals surface area contributed by atoms with Crippen LogP contribution in [0.2, 0.25) is 0 Å². The van der Waals surface area contributed by atoms with Gasteiger partial charge in [-0.1, -0.05) is 31.5 Å². The number of nitrogens with two attached hydrogens (primary N) is 1. The third-order valence-corrected chi connectivity index (χ3v) is 2.38. The first-order chi connectivity index (χ1) is 6.64. The van der Waals surface area contributed by atoms with E-state index in [9.17, 15) is 9.50 Å². The zero-order valence-corrected chi connectivity index (χ0v) is 8.33. The van der Waals surface area contributed by atoms with Crippen molar-refractivity contribution in [3.63, 3.8) is 0 Å². The highest BCUT2D eigenvalue weighted by atomic mass is 19.1. The van der Waals surface area contributed by atoms with E-state index in [-0.39, 0.29) is 6.54 Å². The van der Waals surface area contributed by atoms with Gasteiger partial charge in [0.25, 0.3) is 0 Å². The van der Waals surface area contributed by atoms with Gasteiger partial charge in [0.2, 0.25) is 0 Å². The molecule has 2 nitrogen and oxygen atoms in total. The summed E-state index contributed by atoms with van der Waals surface area (Å²) in [7, 11) is 0. The molecular weight excluding hydrogens is 181 g/mol. The van der Waals surface area contributed by atoms with E-state index in [1.54, 1.807) is 18.2 Å². The van der Waals surface area contributed by atoms with Crippen LogP contribution in [0.3, 0.4) is 0 Å². The predicted octanol–water partition coefficient (Wildman–Crippen LogP) is 1.77. The fraction of sp³-hybridized carbons (Fsp3) is 0.455. The Morgan fingerprint density at radius 3 is 2.57 bits per heavy atom. The van der Waals surface area contributed by atoms with Crippen molar-refractivity contribution in [3.05, 3.63) is 35.6 Å².